The molecule has 2 unspecified atom stereocenters. The Morgan fingerprint density at radius 2 is 1.91 bits per heavy atom. The van der Waals surface area contributed by atoms with E-state index < -0.39 is 0 Å². The van der Waals surface area contributed by atoms with Gasteiger partial charge < -0.3 is 34.8 Å². The van der Waals surface area contributed by atoms with Gasteiger partial charge in [-0.25, -0.2) is 4.98 Å². The lowest BCUT2D eigenvalue weighted by atomic mass is 10.0. The number of rotatable bonds is 9. The van der Waals surface area contributed by atoms with E-state index >= 15 is 0 Å². The number of benzene rings is 1. The third-order valence-corrected chi connectivity index (χ3v) is 9.45. The maximum atomic E-state index is 13.3. The summed E-state index contributed by atoms with van der Waals surface area (Å²) in [5.41, 5.74) is 1.98. The number of fused-ring (bicyclic) bond motifs is 1. The summed E-state index contributed by atoms with van der Waals surface area (Å²) >= 11 is 0. The summed E-state index contributed by atoms with van der Waals surface area (Å²) in [6.45, 7) is 5.94. The Kier molecular flexibility index (Phi) is 8.99. The zero-order valence-electron chi connectivity index (χ0n) is 25.7. The molecule has 6 rings (SSSR count). The fourth-order valence-electron chi connectivity index (χ4n) is 6.79. The van der Waals surface area contributed by atoms with Crippen molar-refractivity contribution in [1.29, 1.82) is 0 Å². The normalized spacial score (nSPS) is 23.5. The van der Waals surface area contributed by atoms with Crippen LogP contribution in [-0.4, -0.2) is 91.8 Å². The number of ether oxygens (including phenoxy) is 2. The molecule has 0 spiro atoms. The van der Waals surface area contributed by atoms with Crippen molar-refractivity contribution < 1.29 is 19.1 Å². The van der Waals surface area contributed by atoms with Crippen molar-refractivity contribution in [3.63, 3.8) is 0 Å². The molecule has 232 valence electrons. The number of piperidine rings is 1. The molecule has 2 saturated heterocycles. The number of anilines is 4. The maximum Gasteiger partial charge on any atom is 0.251 e. The first-order chi connectivity index (χ1) is 20.9. The van der Waals surface area contributed by atoms with Gasteiger partial charge in [0.25, 0.3) is 5.91 Å². The molecule has 1 aromatic heterocycles. The number of likely N-dealkylation sites (tertiary alicyclic amines) is 1. The summed E-state index contributed by atoms with van der Waals surface area (Å²) < 4.78 is 11.9. The monoisotopic (exact) mass is 591 g/mol. The van der Waals surface area contributed by atoms with Gasteiger partial charge in [-0.1, -0.05) is 19.8 Å². The van der Waals surface area contributed by atoms with Crippen LogP contribution in [0.5, 0.6) is 5.75 Å². The molecule has 11 heteroatoms. The Morgan fingerprint density at radius 1 is 1.12 bits per heavy atom. The molecule has 4 aliphatic rings. The van der Waals surface area contributed by atoms with E-state index in [9.17, 15) is 9.59 Å². The molecule has 2 N–H and O–H groups in total. The number of amides is 2. The van der Waals surface area contributed by atoms with Crippen LogP contribution in [0.25, 0.3) is 0 Å². The van der Waals surface area contributed by atoms with Crippen LogP contribution in [0.1, 0.15) is 68.6 Å². The minimum absolute atomic E-state index is 0.0897. The Bertz CT molecular complexity index is 1300. The van der Waals surface area contributed by atoms with Crippen LogP contribution in [0.2, 0.25) is 0 Å². The zero-order chi connectivity index (χ0) is 29.9. The highest BCUT2D eigenvalue weighted by atomic mass is 16.5. The van der Waals surface area contributed by atoms with Gasteiger partial charge in [-0.3, -0.25) is 9.59 Å². The number of likely N-dealkylation sites (N-methyl/N-ethyl adjacent to an activating group) is 1. The van der Waals surface area contributed by atoms with Gasteiger partial charge >= 0.3 is 0 Å². The van der Waals surface area contributed by atoms with Gasteiger partial charge in [0.05, 0.1) is 25.1 Å². The second kappa shape index (κ2) is 13.1. The topological polar surface area (TPSA) is 112 Å². The first-order valence-electron chi connectivity index (χ1n) is 15.9. The average Bonchev–Trinajstić information content (AvgIpc) is 3.74. The van der Waals surface area contributed by atoms with E-state index in [4.69, 9.17) is 14.5 Å². The van der Waals surface area contributed by atoms with E-state index in [1.165, 1.54) is 0 Å². The van der Waals surface area contributed by atoms with Crippen LogP contribution in [0.3, 0.4) is 0 Å². The number of hydrogen-bond donors (Lipinski definition) is 2. The van der Waals surface area contributed by atoms with E-state index in [1.807, 2.05) is 18.2 Å². The average molecular weight is 592 g/mol. The van der Waals surface area contributed by atoms with Crippen molar-refractivity contribution >= 4 is 35.0 Å². The second-order valence-corrected chi connectivity index (χ2v) is 12.5. The third-order valence-electron chi connectivity index (χ3n) is 9.45. The molecular weight excluding hydrogens is 546 g/mol. The van der Waals surface area contributed by atoms with Crippen molar-refractivity contribution in [1.82, 2.24) is 20.2 Å². The standard InChI is InChI=1S/C32H45N7O4/c1-4-26-31(41)38(3)27-18-33-32(36-29(27)39(26)24-7-5-6-8-24)35-25-10-9-22(17-28(25)43-20-21-13-16-42-19-21)30(40)34-23-11-14-37(2)15-12-23/h9-10,17-18,21,23-24,26H,4-8,11-16,19-20H2,1-3H3,(H,34,40)(H,33,35,36). The smallest absolute Gasteiger partial charge is 0.251 e. The van der Waals surface area contributed by atoms with E-state index in [1.54, 1.807) is 18.1 Å². The molecular formula is C32H45N7O4. The molecule has 2 amide bonds. The first kappa shape index (κ1) is 29.6. The number of aromatic nitrogens is 2. The lowest BCUT2D eigenvalue weighted by Gasteiger charge is -2.43. The molecule has 4 heterocycles. The molecule has 2 atom stereocenters. The number of carbonyl (C=O) groups is 2. The Labute approximate surface area is 254 Å². The highest BCUT2D eigenvalue weighted by Crippen LogP contribution is 2.40. The number of nitrogens with one attached hydrogen (secondary N) is 2. The van der Waals surface area contributed by atoms with Crippen molar-refractivity contribution in [2.24, 2.45) is 5.92 Å². The predicted octanol–water partition coefficient (Wildman–Crippen LogP) is 3.96. The van der Waals surface area contributed by atoms with Crippen molar-refractivity contribution in [3.8, 4) is 5.75 Å². The minimum Gasteiger partial charge on any atom is -0.491 e. The molecule has 1 saturated carbocycles. The zero-order valence-corrected chi connectivity index (χ0v) is 25.7. The summed E-state index contributed by atoms with van der Waals surface area (Å²) in [6, 6.07) is 5.72. The van der Waals surface area contributed by atoms with Crippen molar-refractivity contribution in [2.75, 3.05) is 62.1 Å². The molecule has 3 fully saturated rings. The summed E-state index contributed by atoms with van der Waals surface area (Å²) in [7, 11) is 3.92. The van der Waals surface area contributed by atoms with E-state index in [-0.39, 0.29) is 23.9 Å². The summed E-state index contributed by atoms with van der Waals surface area (Å²) in [5, 5.41) is 6.58. The van der Waals surface area contributed by atoms with Gasteiger partial charge in [-0.15, -0.1) is 0 Å². The molecule has 2 aromatic rings. The molecule has 0 radical (unpaired) electrons. The van der Waals surface area contributed by atoms with Gasteiger partial charge in [0.1, 0.15) is 17.5 Å². The van der Waals surface area contributed by atoms with Gasteiger partial charge in [-0.05, 0) is 76.9 Å². The van der Waals surface area contributed by atoms with E-state index in [0.717, 1.165) is 82.6 Å². The summed E-state index contributed by atoms with van der Waals surface area (Å²) in [6.07, 6.45) is 9.74. The number of hydrogen-bond acceptors (Lipinski definition) is 9. The van der Waals surface area contributed by atoms with Crippen LogP contribution < -0.4 is 25.2 Å². The molecule has 43 heavy (non-hydrogen) atoms. The Hall–Kier alpha value is -3.44. The quantitative estimate of drug-likeness (QED) is 0.448. The molecule has 1 aliphatic carbocycles. The number of nitrogens with zero attached hydrogens (tertiary/aromatic N) is 5. The highest BCUT2D eigenvalue weighted by Gasteiger charge is 2.41. The molecule has 1 aromatic carbocycles. The van der Waals surface area contributed by atoms with Crippen LogP contribution in [-0.2, 0) is 9.53 Å². The molecule has 0 bridgehead atoms. The Morgan fingerprint density at radius 3 is 2.63 bits per heavy atom. The largest absolute Gasteiger partial charge is 0.491 e. The SMILES string of the molecule is CCC1C(=O)N(C)c2cnc(Nc3ccc(C(=O)NC4CCN(C)CC4)cc3OCC3CCOC3)nc2N1C1CCCC1. The van der Waals surface area contributed by atoms with Crippen molar-refractivity contribution in [3.05, 3.63) is 30.0 Å². The lowest BCUT2D eigenvalue weighted by molar-refractivity contribution is -0.120. The van der Waals surface area contributed by atoms with Crippen LogP contribution >= 0.6 is 0 Å². The van der Waals surface area contributed by atoms with E-state index in [2.05, 4.69) is 39.4 Å². The van der Waals surface area contributed by atoms with E-state index in [0.29, 0.717) is 48.1 Å². The van der Waals surface area contributed by atoms with Gasteiger partial charge in [0.2, 0.25) is 11.9 Å². The van der Waals surface area contributed by atoms with Gasteiger partial charge in [-0.2, -0.15) is 4.98 Å². The summed E-state index contributed by atoms with van der Waals surface area (Å²) in [5.74, 6) is 2.10. The van der Waals surface area contributed by atoms with Crippen LogP contribution in [0.15, 0.2) is 24.4 Å². The molecule has 11 nitrogen and oxygen atoms in total. The summed E-state index contributed by atoms with van der Waals surface area (Å²) in [4.78, 5) is 42.3. The van der Waals surface area contributed by atoms with Gasteiger partial charge in [0, 0.05) is 37.2 Å². The number of carbonyl (C=O) groups excluding carboxylic acids is 2. The molecule has 3 aliphatic heterocycles. The predicted molar refractivity (Wildman–Crippen MR) is 166 cm³/mol. The fourth-order valence-corrected chi connectivity index (χ4v) is 6.79. The fraction of sp³-hybridized carbons (Fsp3) is 0.625. The Balaban J connectivity index is 1.26. The van der Waals surface area contributed by atoms with Crippen LogP contribution in [0, 0.1) is 5.92 Å². The van der Waals surface area contributed by atoms with Crippen LogP contribution in [0.4, 0.5) is 23.1 Å². The minimum atomic E-state index is -0.238. The first-order valence-corrected chi connectivity index (χ1v) is 15.9. The van der Waals surface area contributed by atoms with Crippen molar-refractivity contribution in [2.45, 2.75) is 76.4 Å². The second-order valence-electron chi connectivity index (χ2n) is 12.5. The highest BCUT2D eigenvalue weighted by molar-refractivity contribution is 6.04. The lowest BCUT2D eigenvalue weighted by Crippen LogP contribution is -2.55. The maximum absolute atomic E-state index is 13.3. The third kappa shape index (κ3) is 6.43. The van der Waals surface area contributed by atoms with Gasteiger partial charge in [0.15, 0.2) is 5.82 Å².